The van der Waals surface area contributed by atoms with Crippen LogP contribution in [-0.2, 0) is 14.8 Å². The molecule has 2 rings (SSSR count). The molecule has 23 heavy (non-hydrogen) atoms. The van der Waals surface area contributed by atoms with Crippen molar-refractivity contribution < 1.29 is 13.2 Å². The van der Waals surface area contributed by atoms with E-state index in [0.717, 1.165) is 52.5 Å². The second kappa shape index (κ2) is 9.34. The quantitative estimate of drug-likeness (QED) is 0.667. The second-order valence-electron chi connectivity index (χ2n) is 5.59. The average Bonchev–Trinajstić information content (AvgIpc) is 2.57. The molecular weight excluding hydrogens is 314 g/mol. The minimum Gasteiger partial charge on any atom is -0.380 e. The van der Waals surface area contributed by atoms with Crippen LogP contribution in [0.5, 0.6) is 0 Å². The van der Waals surface area contributed by atoms with Gasteiger partial charge >= 0.3 is 0 Å². The van der Waals surface area contributed by atoms with Gasteiger partial charge in [-0.25, -0.2) is 13.1 Å². The van der Waals surface area contributed by atoms with Gasteiger partial charge in [0, 0.05) is 52.4 Å². The van der Waals surface area contributed by atoms with Crippen LogP contribution in [0.3, 0.4) is 0 Å². The Morgan fingerprint density at radius 2 is 1.65 bits per heavy atom. The standard InChI is InChI=1S/C16H27N3O3S/c1-2-22-15-14-19-12-10-18(11-13-19)9-8-17-23(20,21)16-6-4-3-5-7-16/h3-7,17H,2,8-15H2,1H3. The molecule has 1 N–H and O–H groups in total. The number of hydrogen-bond acceptors (Lipinski definition) is 5. The summed E-state index contributed by atoms with van der Waals surface area (Å²) < 4.78 is 32.3. The molecule has 6 nitrogen and oxygen atoms in total. The third-order valence-corrected chi connectivity index (χ3v) is 5.47. The van der Waals surface area contributed by atoms with E-state index in [0.29, 0.717) is 11.4 Å². The molecule has 1 aliphatic rings. The van der Waals surface area contributed by atoms with Crippen LogP contribution in [-0.4, -0.2) is 77.2 Å². The predicted molar refractivity (Wildman–Crippen MR) is 91.0 cm³/mol. The number of rotatable bonds is 9. The topological polar surface area (TPSA) is 61.9 Å². The summed E-state index contributed by atoms with van der Waals surface area (Å²) in [5.41, 5.74) is 0. The van der Waals surface area contributed by atoms with Crippen LogP contribution in [0, 0.1) is 0 Å². The maximum Gasteiger partial charge on any atom is 0.240 e. The number of piperazine rings is 1. The van der Waals surface area contributed by atoms with E-state index in [9.17, 15) is 8.42 Å². The highest BCUT2D eigenvalue weighted by Gasteiger charge is 2.17. The molecule has 1 aromatic carbocycles. The zero-order valence-electron chi connectivity index (χ0n) is 13.8. The molecule has 1 aromatic rings. The molecule has 1 saturated heterocycles. The highest BCUT2D eigenvalue weighted by Crippen LogP contribution is 2.07. The number of sulfonamides is 1. The van der Waals surface area contributed by atoms with Gasteiger partial charge < -0.3 is 4.74 Å². The summed E-state index contributed by atoms with van der Waals surface area (Å²) in [6, 6.07) is 8.50. The largest absolute Gasteiger partial charge is 0.380 e. The molecule has 0 aromatic heterocycles. The predicted octanol–water partition coefficient (Wildman–Crippen LogP) is 0.619. The van der Waals surface area contributed by atoms with Crippen molar-refractivity contribution in [1.29, 1.82) is 0 Å². The molecule has 0 atom stereocenters. The van der Waals surface area contributed by atoms with Crippen LogP contribution >= 0.6 is 0 Å². The number of nitrogens with one attached hydrogen (secondary N) is 1. The summed E-state index contributed by atoms with van der Waals surface area (Å²) in [5.74, 6) is 0. The molecule has 1 heterocycles. The van der Waals surface area contributed by atoms with Crippen LogP contribution in [0.4, 0.5) is 0 Å². The highest BCUT2D eigenvalue weighted by atomic mass is 32.2. The Hall–Kier alpha value is -0.990. The van der Waals surface area contributed by atoms with Crippen LogP contribution in [0.25, 0.3) is 0 Å². The van der Waals surface area contributed by atoms with Gasteiger partial charge in [-0.05, 0) is 19.1 Å². The molecule has 0 unspecified atom stereocenters. The van der Waals surface area contributed by atoms with Crippen molar-refractivity contribution in [2.45, 2.75) is 11.8 Å². The monoisotopic (exact) mass is 341 g/mol. The Balaban J connectivity index is 1.66. The van der Waals surface area contributed by atoms with Crippen molar-refractivity contribution >= 4 is 10.0 Å². The van der Waals surface area contributed by atoms with E-state index < -0.39 is 10.0 Å². The Kier molecular flexibility index (Phi) is 7.45. The Morgan fingerprint density at radius 1 is 1.04 bits per heavy atom. The molecule has 7 heteroatoms. The van der Waals surface area contributed by atoms with Gasteiger partial charge in [0.05, 0.1) is 11.5 Å². The molecule has 1 fully saturated rings. The number of nitrogens with zero attached hydrogens (tertiary/aromatic N) is 2. The summed E-state index contributed by atoms with van der Waals surface area (Å²) in [5, 5.41) is 0. The van der Waals surface area contributed by atoms with Gasteiger partial charge in [0.25, 0.3) is 0 Å². The summed E-state index contributed by atoms with van der Waals surface area (Å²) >= 11 is 0. The van der Waals surface area contributed by atoms with E-state index in [1.807, 2.05) is 13.0 Å². The first-order valence-electron chi connectivity index (χ1n) is 8.19. The first-order chi connectivity index (χ1) is 11.1. The maximum absolute atomic E-state index is 12.1. The van der Waals surface area contributed by atoms with Gasteiger partial charge in [-0.3, -0.25) is 9.80 Å². The van der Waals surface area contributed by atoms with Crippen LogP contribution < -0.4 is 4.72 Å². The lowest BCUT2D eigenvalue weighted by atomic mass is 10.3. The third kappa shape index (κ3) is 6.19. The van der Waals surface area contributed by atoms with Gasteiger partial charge in [-0.2, -0.15) is 0 Å². The summed E-state index contributed by atoms with van der Waals surface area (Å²) in [4.78, 5) is 5.01. The van der Waals surface area contributed by atoms with E-state index in [2.05, 4.69) is 14.5 Å². The summed E-state index contributed by atoms with van der Waals surface area (Å²) in [7, 11) is -3.39. The highest BCUT2D eigenvalue weighted by molar-refractivity contribution is 7.89. The molecule has 1 aliphatic heterocycles. The van der Waals surface area contributed by atoms with Crippen molar-refractivity contribution in [3.05, 3.63) is 30.3 Å². The summed E-state index contributed by atoms with van der Waals surface area (Å²) in [6.07, 6.45) is 0. The molecular formula is C16H27N3O3S. The van der Waals surface area contributed by atoms with Crippen LogP contribution in [0.1, 0.15) is 6.92 Å². The van der Waals surface area contributed by atoms with Gasteiger partial charge in [0.15, 0.2) is 0 Å². The molecule has 0 bridgehead atoms. The van der Waals surface area contributed by atoms with Crippen LogP contribution in [0.15, 0.2) is 35.2 Å². The normalized spacial score (nSPS) is 17.4. The first-order valence-corrected chi connectivity index (χ1v) is 9.67. The molecule has 0 radical (unpaired) electrons. The van der Waals surface area contributed by atoms with Gasteiger partial charge in [0.1, 0.15) is 0 Å². The van der Waals surface area contributed by atoms with E-state index in [-0.39, 0.29) is 0 Å². The number of hydrogen-bond donors (Lipinski definition) is 1. The maximum atomic E-state index is 12.1. The van der Waals surface area contributed by atoms with E-state index in [4.69, 9.17) is 4.74 Å². The van der Waals surface area contributed by atoms with E-state index in [1.54, 1.807) is 24.3 Å². The fourth-order valence-corrected chi connectivity index (χ4v) is 3.64. The van der Waals surface area contributed by atoms with Gasteiger partial charge in [-0.15, -0.1) is 0 Å². The Morgan fingerprint density at radius 3 is 2.26 bits per heavy atom. The van der Waals surface area contributed by atoms with Gasteiger partial charge in [0.2, 0.25) is 10.0 Å². The van der Waals surface area contributed by atoms with Crippen molar-refractivity contribution in [3.8, 4) is 0 Å². The third-order valence-electron chi connectivity index (χ3n) is 3.99. The van der Waals surface area contributed by atoms with Crippen molar-refractivity contribution in [2.75, 3.05) is 59.0 Å². The minimum absolute atomic E-state index is 0.320. The summed E-state index contributed by atoms with van der Waals surface area (Å²) in [6.45, 7) is 9.68. The minimum atomic E-state index is -3.39. The van der Waals surface area contributed by atoms with E-state index in [1.165, 1.54) is 0 Å². The van der Waals surface area contributed by atoms with Crippen molar-refractivity contribution in [3.63, 3.8) is 0 Å². The molecule has 0 spiro atoms. The molecule has 0 saturated carbocycles. The first kappa shape index (κ1) is 18.4. The van der Waals surface area contributed by atoms with E-state index >= 15 is 0 Å². The zero-order valence-corrected chi connectivity index (χ0v) is 14.6. The van der Waals surface area contributed by atoms with Crippen molar-refractivity contribution in [2.24, 2.45) is 0 Å². The fraction of sp³-hybridized carbons (Fsp3) is 0.625. The van der Waals surface area contributed by atoms with Crippen LogP contribution in [0.2, 0.25) is 0 Å². The lowest BCUT2D eigenvalue weighted by Gasteiger charge is -2.34. The number of benzene rings is 1. The molecule has 0 aliphatic carbocycles. The lowest BCUT2D eigenvalue weighted by Crippen LogP contribution is -2.49. The second-order valence-corrected chi connectivity index (χ2v) is 7.36. The van der Waals surface area contributed by atoms with Gasteiger partial charge in [-0.1, -0.05) is 18.2 Å². The average molecular weight is 341 g/mol. The molecule has 0 amide bonds. The van der Waals surface area contributed by atoms with Crippen molar-refractivity contribution in [1.82, 2.24) is 14.5 Å². The SMILES string of the molecule is CCOCCN1CCN(CCNS(=O)(=O)c2ccccc2)CC1. The molecule has 130 valence electrons. The zero-order chi connectivity index (χ0) is 16.5. The Bertz CT molecular complexity index is 543. The number of ether oxygens (including phenoxy) is 1. The fourth-order valence-electron chi connectivity index (χ4n) is 2.60. The smallest absolute Gasteiger partial charge is 0.240 e. The Labute approximate surface area is 139 Å². The lowest BCUT2D eigenvalue weighted by molar-refractivity contribution is 0.0816.